The minimum Gasteiger partial charge on any atom is -0.347 e. The molecular formula is C22H25N5O. The molecule has 4 aliphatic rings. The number of hydrogen-bond donors (Lipinski definition) is 1. The molecule has 3 unspecified atom stereocenters. The molecule has 2 aromatic rings. The molecule has 1 N–H and O–H groups in total. The quantitative estimate of drug-likeness (QED) is 0.876. The highest BCUT2D eigenvalue weighted by Gasteiger charge is 2.55. The van der Waals surface area contributed by atoms with Crippen LogP contribution in [-0.2, 0) is 12.5 Å². The van der Waals surface area contributed by atoms with E-state index in [1.165, 1.54) is 5.56 Å². The summed E-state index contributed by atoms with van der Waals surface area (Å²) in [6.07, 6.45) is 1.71. The van der Waals surface area contributed by atoms with Crippen molar-refractivity contribution in [1.29, 1.82) is 5.26 Å². The molecule has 3 atom stereocenters. The van der Waals surface area contributed by atoms with Crippen molar-refractivity contribution < 1.29 is 4.79 Å². The van der Waals surface area contributed by atoms with Gasteiger partial charge in [0, 0.05) is 69.9 Å². The molecule has 0 saturated carbocycles. The van der Waals surface area contributed by atoms with Crippen LogP contribution in [0.4, 0.5) is 0 Å². The van der Waals surface area contributed by atoms with Crippen molar-refractivity contribution in [2.24, 2.45) is 13.0 Å². The maximum atomic E-state index is 13.2. The zero-order valence-electron chi connectivity index (χ0n) is 16.1. The third-order valence-electron chi connectivity index (χ3n) is 6.80. The minimum atomic E-state index is -0.0994. The van der Waals surface area contributed by atoms with E-state index in [0.717, 1.165) is 39.3 Å². The SMILES string of the molecule is Cn1cc(C#N)cc1C(=O)NC1C2CN3CCN(C2)CC1(c1ccccc1)C3. The lowest BCUT2D eigenvalue weighted by atomic mass is 9.64. The van der Waals surface area contributed by atoms with Crippen LogP contribution in [0.1, 0.15) is 21.6 Å². The summed E-state index contributed by atoms with van der Waals surface area (Å²) < 4.78 is 1.75. The zero-order valence-corrected chi connectivity index (χ0v) is 16.1. The number of nitriles is 1. The molecule has 6 rings (SSSR count). The highest BCUT2D eigenvalue weighted by Crippen LogP contribution is 2.43. The number of nitrogens with one attached hydrogen (secondary N) is 1. The molecule has 4 fully saturated rings. The molecular weight excluding hydrogens is 350 g/mol. The van der Waals surface area contributed by atoms with E-state index in [0.29, 0.717) is 17.2 Å². The van der Waals surface area contributed by atoms with Gasteiger partial charge in [-0.05, 0) is 11.6 Å². The summed E-state index contributed by atoms with van der Waals surface area (Å²) in [4.78, 5) is 18.3. The summed E-state index contributed by atoms with van der Waals surface area (Å²) in [7, 11) is 1.82. The normalized spacial score (nSPS) is 33.3. The lowest BCUT2D eigenvalue weighted by Gasteiger charge is -2.55. The zero-order chi connectivity index (χ0) is 19.3. The van der Waals surface area contributed by atoms with Gasteiger partial charge in [0.1, 0.15) is 11.8 Å². The number of aromatic nitrogens is 1. The first-order chi connectivity index (χ1) is 13.6. The van der Waals surface area contributed by atoms with Crippen molar-refractivity contribution in [3.63, 3.8) is 0 Å². The maximum Gasteiger partial charge on any atom is 0.268 e. The standard InChI is InChI=1S/C22H25N5O/c1-25-11-16(10-23)9-19(25)21(28)24-20-17-12-26-7-8-27(13-17)15-22(20,14-26)18-5-3-2-4-6-18/h2-6,9,11,17,20H,7-8,12-15H2,1H3,(H,24,28). The fraction of sp³-hybridized carbons (Fsp3) is 0.455. The first-order valence-electron chi connectivity index (χ1n) is 9.97. The van der Waals surface area contributed by atoms with Gasteiger partial charge in [-0.1, -0.05) is 30.3 Å². The highest BCUT2D eigenvalue weighted by atomic mass is 16.2. The number of piperidine rings is 2. The number of fused-ring (bicyclic) bond motifs is 1. The number of amides is 1. The van der Waals surface area contributed by atoms with Gasteiger partial charge in [-0.15, -0.1) is 0 Å². The predicted molar refractivity (Wildman–Crippen MR) is 106 cm³/mol. The Kier molecular flexibility index (Phi) is 4.04. The molecule has 4 saturated heterocycles. The predicted octanol–water partition coefficient (Wildman–Crippen LogP) is 1.19. The summed E-state index contributed by atoms with van der Waals surface area (Å²) in [5, 5.41) is 12.6. The topological polar surface area (TPSA) is 64.3 Å². The molecule has 6 heteroatoms. The van der Waals surface area contributed by atoms with E-state index in [9.17, 15) is 4.79 Å². The number of hydrogen-bond acceptors (Lipinski definition) is 4. The van der Waals surface area contributed by atoms with Crippen molar-refractivity contribution in [3.8, 4) is 6.07 Å². The van der Waals surface area contributed by atoms with Crippen LogP contribution in [0.15, 0.2) is 42.6 Å². The van der Waals surface area contributed by atoms with Crippen LogP contribution in [0.25, 0.3) is 0 Å². The van der Waals surface area contributed by atoms with Crippen LogP contribution < -0.4 is 5.32 Å². The van der Waals surface area contributed by atoms with Gasteiger partial charge >= 0.3 is 0 Å². The van der Waals surface area contributed by atoms with Crippen LogP contribution in [0.5, 0.6) is 0 Å². The Morgan fingerprint density at radius 1 is 1.18 bits per heavy atom. The van der Waals surface area contributed by atoms with Gasteiger partial charge in [-0.25, -0.2) is 0 Å². The summed E-state index contributed by atoms with van der Waals surface area (Å²) in [5.41, 5.74) is 2.28. The van der Waals surface area contributed by atoms with Crippen LogP contribution in [0, 0.1) is 17.2 Å². The Labute approximate surface area is 165 Å². The highest BCUT2D eigenvalue weighted by molar-refractivity contribution is 5.93. The fourth-order valence-corrected chi connectivity index (χ4v) is 5.64. The van der Waals surface area contributed by atoms with E-state index in [4.69, 9.17) is 5.26 Å². The van der Waals surface area contributed by atoms with E-state index in [1.807, 2.05) is 7.05 Å². The monoisotopic (exact) mass is 375 g/mol. The fourth-order valence-electron chi connectivity index (χ4n) is 5.64. The molecule has 28 heavy (non-hydrogen) atoms. The van der Waals surface area contributed by atoms with Crippen LogP contribution in [-0.4, -0.2) is 65.6 Å². The lowest BCUT2D eigenvalue weighted by molar-refractivity contribution is 0.0179. The second-order valence-electron chi connectivity index (χ2n) is 8.54. The molecule has 6 nitrogen and oxygen atoms in total. The largest absolute Gasteiger partial charge is 0.347 e. The number of benzene rings is 1. The molecule has 1 aromatic heterocycles. The van der Waals surface area contributed by atoms with E-state index in [1.54, 1.807) is 16.8 Å². The van der Waals surface area contributed by atoms with Crippen molar-refractivity contribution >= 4 is 5.91 Å². The third-order valence-corrected chi connectivity index (χ3v) is 6.80. The van der Waals surface area contributed by atoms with Gasteiger partial charge in [-0.3, -0.25) is 4.79 Å². The van der Waals surface area contributed by atoms with Crippen molar-refractivity contribution in [2.45, 2.75) is 11.5 Å². The molecule has 144 valence electrons. The summed E-state index contributed by atoms with van der Waals surface area (Å²) in [6.45, 7) is 6.24. The van der Waals surface area contributed by atoms with Gasteiger partial charge in [-0.2, -0.15) is 5.26 Å². The van der Waals surface area contributed by atoms with E-state index >= 15 is 0 Å². The van der Waals surface area contributed by atoms with Gasteiger partial charge in [0.25, 0.3) is 5.91 Å². The van der Waals surface area contributed by atoms with Gasteiger partial charge in [0.05, 0.1) is 5.56 Å². The lowest BCUT2D eigenvalue weighted by Crippen LogP contribution is -2.70. The van der Waals surface area contributed by atoms with E-state index in [-0.39, 0.29) is 17.4 Å². The minimum absolute atomic E-state index is 0.0829. The first-order valence-corrected chi connectivity index (χ1v) is 9.97. The Morgan fingerprint density at radius 3 is 2.46 bits per heavy atom. The molecule has 4 bridgehead atoms. The van der Waals surface area contributed by atoms with Gasteiger partial charge < -0.3 is 19.7 Å². The van der Waals surface area contributed by atoms with Crippen LogP contribution in [0.3, 0.4) is 0 Å². The molecule has 5 heterocycles. The molecule has 0 aliphatic carbocycles. The number of aryl methyl sites for hydroxylation is 1. The Morgan fingerprint density at radius 2 is 1.86 bits per heavy atom. The van der Waals surface area contributed by atoms with Crippen molar-refractivity contribution in [2.75, 3.05) is 39.3 Å². The smallest absolute Gasteiger partial charge is 0.268 e. The van der Waals surface area contributed by atoms with Crippen molar-refractivity contribution in [3.05, 3.63) is 59.4 Å². The summed E-state index contributed by atoms with van der Waals surface area (Å²) >= 11 is 0. The Hall–Kier alpha value is -2.62. The van der Waals surface area contributed by atoms with E-state index in [2.05, 4.69) is 51.5 Å². The number of nitrogens with zero attached hydrogens (tertiary/aromatic N) is 4. The second-order valence-corrected chi connectivity index (χ2v) is 8.54. The summed E-state index contributed by atoms with van der Waals surface area (Å²) in [6, 6.07) is 14.6. The van der Waals surface area contributed by atoms with Gasteiger partial charge in [0.15, 0.2) is 0 Å². The molecule has 1 amide bonds. The van der Waals surface area contributed by atoms with Gasteiger partial charge in [0.2, 0.25) is 0 Å². The summed E-state index contributed by atoms with van der Waals surface area (Å²) in [5.74, 6) is 0.324. The average molecular weight is 375 g/mol. The van der Waals surface area contributed by atoms with Crippen LogP contribution in [0.2, 0.25) is 0 Å². The molecule has 4 aliphatic heterocycles. The van der Waals surface area contributed by atoms with Crippen LogP contribution >= 0.6 is 0 Å². The maximum absolute atomic E-state index is 13.2. The van der Waals surface area contributed by atoms with E-state index < -0.39 is 0 Å². The first kappa shape index (κ1) is 17.5. The van der Waals surface area contributed by atoms with Crippen molar-refractivity contribution in [1.82, 2.24) is 19.7 Å². The third kappa shape index (κ3) is 2.66. The number of carbonyl (C=O) groups is 1. The molecule has 1 aromatic carbocycles. The molecule has 0 radical (unpaired) electrons. The number of rotatable bonds is 3. The Balaban J connectivity index is 1.53. The average Bonchev–Trinajstić information content (AvgIpc) is 2.91. The molecule has 0 spiro atoms. The number of carbonyl (C=O) groups excluding carboxylic acids is 1. The second kappa shape index (κ2) is 6.47. The Bertz CT molecular complexity index is 928.